The van der Waals surface area contributed by atoms with Gasteiger partial charge in [0.1, 0.15) is 0 Å². The Morgan fingerprint density at radius 2 is 2.06 bits per heavy atom. The van der Waals surface area contributed by atoms with Crippen LogP contribution in [0.3, 0.4) is 0 Å². The molecule has 1 aromatic rings. The molecule has 1 fully saturated rings. The molecule has 0 bridgehead atoms. The molecule has 0 atom stereocenters. The molecule has 88 valence electrons. The molecule has 0 aliphatic carbocycles. The van der Waals surface area contributed by atoms with E-state index >= 15 is 0 Å². The number of hydrogen-bond acceptors (Lipinski definition) is 4. The number of anilines is 1. The van der Waals surface area contributed by atoms with Gasteiger partial charge in [-0.05, 0) is 12.6 Å². The standard InChI is InChI=1S/C11H17N3O2/c1-2-13-5-7-14(8-6-13)11(15)9-3-4-10(12)16-9/h3-4H,2,5-8,12H2,1H3. The minimum Gasteiger partial charge on any atom is -0.436 e. The zero-order valence-corrected chi connectivity index (χ0v) is 9.48. The summed E-state index contributed by atoms with van der Waals surface area (Å²) in [5.74, 6) is 0.561. The van der Waals surface area contributed by atoms with Gasteiger partial charge < -0.3 is 20.0 Å². The summed E-state index contributed by atoms with van der Waals surface area (Å²) < 4.78 is 5.12. The number of carbonyl (C=O) groups is 1. The lowest BCUT2D eigenvalue weighted by Crippen LogP contribution is -2.48. The molecule has 0 unspecified atom stereocenters. The van der Waals surface area contributed by atoms with Crippen LogP contribution in [0.5, 0.6) is 0 Å². The van der Waals surface area contributed by atoms with Gasteiger partial charge in [0.05, 0.1) is 0 Å². The fraction of sp³-hybridized carbons (Fsp3) is 0.545. The second-order valence-corrected chi connectivity index (χ2v) is 3.93. The number of nitrogens with two attached hydrogens (primary N) is 1. The molecule has 5 heteroatoms. The van der Waals surface area contributed by atoms with Crippen LogP contribution < -0.4 is 5.73 Å². The van der Waals surface area contributed by atoms with E-state index in [0.717, 1.165) is 32.7 Å². The molecule has 0 radical (unpaired) electrons. The first-order valence-corrected chi connectivity index (χ1v) is 5.57. The van der Waals surface area contributed by atoms with E-state index in [1.54, 1.807) is 12.1 Å². The molecule has 1 aromatic heterocycles. The second-order valence-electron chi connectivity index (χ2n) is 3.93. The maximum absolute atomic E-state index is 12.0. The molecule has 2 N–H and O–H groups in total. The van der Waals surface area contributed by atoms with E-state index in [-0.39, 0.29) is 11.8 Å². The zero-order chi connectivity index (χ0) is 11.5. The van der Waals surface area contributed by atoms with Gasteiger partial charge in [-0.3, -0.25) is 4.79 Å². The molecule has 5 nitrogen and oxygen atoms in total. The summed E-state index contributed by atoms with van der Waals surface area (Å²) in [5.41, 5.74) is 5.44. The van der Waals surface area contributed by atoms with Crippen LogP contribution in [0.1, 0.15) is 17.5 Å². The van der Waals surface area contributed by atoms with E-state index < -0.39 is 0 Å². The zero-order valence-electron chi connectivity index (χ0n) is 9.48. The molecule has 1 amide bonds. The van der Waals surface area contributed by atoms with Crippen molar-refractivity contribution in [2.24, 2.45) is 0 Å². The van der Waals surface area contributed by atoms with Crippen molar-refractivity contribution in [2.45, 2.75) is 6.92 Å². The average molecular weight is 223 g/mol. The highest BCUT2D eigenvalue weighted by Crippen LogP contribution is 2.13. The summed E-state index contributed by atoms with van der Waals surface area (Å²) in [4.78, 5) is 16.1. The Balaban J connectivity index is 1.96. The van der Waals surface area contributed by atoms with Crippen molar-refractivity contribution < 1.29 is 9.21 Å². The molecule has 0 aromatic carbocycles. The van der Waals surface area contributed by atoms with Gasteiger partial charge >= 0.3 is 0 Å². The third-order valence-electron chi connectivity index (χ3n) is 2.94. The van der Waals surface area contributed by atoms with Crippen molar-refractivity contribution in [1.29, 1.82) is 0 Å². The van der Waals surface area contributed by atoms with Crippen LogP contribution in [-0.4, -0.2) is 48.4 Å². The molecule has 1 saturated heterocycles. The molecule has 2 heterocycles. The molecule has 2 rings (SSSR count). The summed E-state index contributed by atoms with van der Waals surface area (Å²) in [6.07, 6.45) is 0. The van der Waals surface area contributed by atoms with Crippen LogP contribution >= 0.6 is 0 Å². The summed E-state index contributed by atoms with van der Waals surface area (Å²) >= 11 is 0. The van der Waals surface area contributed by atoms with Crippen LogP contribution in [0, 0.1) is 0 Å². The number of carbonyl (C=O) groups excluding carboxylic acids is 1. The number of rotatable bonds is 2. The van der Waals surface area contributed by atoms with Crippen molar-refractivity contribution in [3.8, 4) is 0 Å². The van der Waals surface area contributed by atoms with E-state index in [9.17, 15) is 4.79 Å². The van der Waals surface area contributed by atoms with E-state index in [4.69, 9.17) is 10.2 Å². The van der Waals surface area contributed by atoms with E-state index in [1.165, 1.54) is 0 Å². The van der Waals surface area contributed by atoms with E-state index in [1.807, 2.05) is 4.90 Å². The molecule has 1 aliphatic rings. The quantitative estimate of drug-likeness (QED) is 0.799. The van der Waals surface area contributed by atoms with Crippen molar-refractivity contribution in [1.82, 2.24) is 9.80 Å². The second kappa shape index (κ2) is 4.57. The van der Waals surface area contributed by atoms with Crippen LogP contribution in [0.4, 0.5) is 5.88 Å². The Kier molecular flexibility index (Phi) is 3.14. The first-order chi connectivity index (χ1) is 7.70. The predicted octanol–water partition coefficient (Wildman–Crippen LogP) is 0.640. The van der Waals surface area contributed by atoms with Gasteiger partial charge in [-0.2, -0.15) is 0 Å². The highest BCUT2D eigenvalue weighted by molar-refractivity contribution is 5.91. The fourth-order valence-corrected chi connectivity index (χ4v) is 1.89. The van der Waals surface area contributed by atoms with Gasteiger partial charge in [0.15, 0.2) is 11.6 Å². The Morgan fingerprint density at radius 3 is 2.56 bits per heavy atom. The lowest BCUT2D eigenvalue weighted by Gasteiger charge is -2.33. The first kappa shape index (κ1) is 11.0. The monoisotopic (exact) mass is 223 g/mol. The van der Waals surface area contributed by atoms with Gasteiger partial charge in [-0.1, -0.05) is 6.92 Å². The largest absolute Gasteiger partial charge is 0.436 e. The first-order valence-electron chi connectivity index (χ1n) is 5.57. The minimum atomic E-state index is -0.0625. The SMILES string of the molecule is CCN1CCN(C(=O)c2ccc(N)o2)CC1. The molecule has 0 spiro atoms. The lowest BCUT2D eigenvalue weighted by molar-refractivity contribution is 0.0613. The smallest absolute Gasteiger partial charge is 0.289 e. The summed E-state index contributed by atoms with van der Waals surface area (Å²) in [5, 5.41) is 0. The molecule has 1 aliphatic heterocycles. The lowest BCUT2D eigenvalue weighted by atomic mass is 10.3. The highest BCUT2D eigenvalue weighted by Gasteiger charge is 2.23. The fourth-order valence-electron chi connectivity index (χ4n) is 1.89. The topological polar surface area (TPSA) is 62.7 Å². The Bertz CT molecular complexity index is 367. The van der Waals surface area contributed by atoms with Gasteiger partial charge in [0, 0.05) is 32.2 Å². The Morgan fingerprint density at radius 1 is 1.38 bits per heavy atom. The van der Waals surface area contributed by atoms with Crippen LogP contribution in [-0.2, 0) is 0 Å². The number of nitrogen functional groups attached to an aromatic ring is 1. The normalized spacial score (nSPS) is 17.7. The maximum atomic E-state index is 12.0. The van der Waals surface area contributed by atoms with Gasteiger partial charge in [0.25, 0.3) is 5.91 Å². The Hall–Kier alpha value is -1.49. The third-order valence-corrected chi connectivity index (χ3v) is 2.94. The number of amides is 1. The molecular weight excluding hydrogens is 206 g/mol. The minimum absolute atomic E-state index is 0.0625. The summed E-state index contributed by atoms with van der Waals surface area (Å²) in [6.45, 7) is 6.54. The number of likely N-dealkylation sites (N-methyl/N-ethyl adjacent to an activating group) is 1. The predicted molar refractivity (Wildman–Crippen MR) is 61.1 cm³/mol. The number of hydrogen-bond donors (Lipinski definition) is 1. The van der Waals surface area contributed by atoms with Crippen LogP contribution in [0.25, 0.3) is 0 Å². The van der Waals surface area contributed by atoms with Crippen molar-refractivity contribution in [2.75, 3.05) is 38.5 Å². The maximum Gasteiger partial charge on any atom is 0.289 e. The number of nitrogens with zero attached hydrogens (tertiary/aromatic N) is 2. The molecule has 16 heavy (non-hydrogen) atoms. The number of furan rings is 1. The van der Waals surface area contributed by atoms with Gasteiger partial charge in [0.2, 0.25) is 0 Å². The average Bonchev–Trinajstić information content (AvgIpc) is 2.75. The summed E-state index contributed by atoms with van der Waals surface area (Å²) in [7, 11) is 0. The van der Waals surface area contributed by atoms with E-state index in [0.29, 0.717) is 5.76 Å². The summed E-state index contributed by atoms with van der Waals surface area (Å²) in [6, 6.07) is 3.24. The van der Waals surface area contributed by atoms with Crippen molar-refractivity contribution in [3.05, 3.63) is 17.9 Å². The highest BCUT2D eigenvalue weighted by atomic mass is 16.4. The molecule has 0 saturated carbocycles. The third kappa shape index (κ3) is 2.19. The van der Waals surface area contributed by atoms with Crippen molar-refractivity contribution in [3.63, 3.8) is 0 Å². The Labute approximate surface area is 94.8 Å². The molecular formula is C11H17N3O2. The number of piperazine rings is 1. The van der Waals surface area contributed by atoms with Crippen LogP contribution in [0.2, 0.25) is 0 Å². The van der Waals surface area contributed by atoms with Crippen LogP contribution in [0.15, 0.2) is 16.5 Å². The van der Waals surface area contributed by atoms with Crippen molar-refractivity contribution >= 4 is 11.8 Å². The van der Waals surface area contributed by atoms with E-state index in [2.05, 4.69) is 11.8 Å². The van der Waals surface area contributed by atoms with Gasteiger partial charge in [-0.25, -0.2) is 0 Å². The van der Waals surface area contributed by atoms with Gasteiger partial charge in [-0.15, -0.1) is 0 Å².